The molecule has 0 saturated heterocycles. The molecule has 1 aromatic carbocycles. The highest BCUT2D eigenvalue weighted by molar-refractivity contribution is 7.91. The van der Waals surface area contributed by atoms with Gasteiger partial charge in [-0.05, 0) is 25.0 Å². The van der Waals surface area contributed by atoms with Crippen LogP contribution in [0.3, 0.4) is 0 Å². The first kappa shape index (κ1) is 14.0. The predicted octanol–water partition coefficient (Wildman–Crippen LogP) is 2.35. The molecule has 20 heavy (non-hydrogen) atoms. The fourth-order valence-electron chi connectivity index (χ4n) is 2.89. The molecule has 0 bridgehead atoms. The number of para-hydroxylation sites is 1. The number of hydrogen-bond acceptors (Lipinski definition) is 5. The van der Waals surface area contributed by atoms with Crippen molar-refractivity contribution in [3.63, 3.8) is 0 Å². The summed E-state index contributed by atoms with van der Waals surface area (Å²) < 4.78 is 24.7. The van der Waals surface area contributed by atoms with Gasteiger partial charge in [0, 0.05) is 18.8 Å². The number of hydrogen-bond donors (Lipinski definition) is 1. The molecule has 2 unspecified atom stereocenters. The quantitative estimate of drug-likeness (QED) is 0.942. The standard InChI is InChI=1S/C14H18N2O2S2/c1-20(17,18)13-8-4-6-11(13)15-9-14-16-10-5-2-3-7-12(10)19-14/h2-3,5,7,11,13,15H,4,6,8-9H2,1H3. The highest BCUT2D eigenvalue weighted by Gasteiger charge is 2.34. The van der Waals surface area contributed by atoms with E-state index in [-0.39, 0.29) is 11.3 Å². The second kappa shape index (κ2) is 5.42. The Morgan fingerprint density at radius 2 is 2.15 bits per heavy atom. The molecule has 1 saturated carbocycles. The van der Waals surface area contributed by atoms with Gasteiger partial charge in [0.25, 0.3) is 0 Å². The van der Waals surface area contributed by atoms with Gasteiger partial charge >= 0.3 is 0 Å². The SMILES string of the molecule is CS(=O)(=O)C1CCCC1NCc1nc2ccccc2s1. The molecule has 1 aliphatic rings. The van der Waals surface area contributed by atoms with Crippen LogP contribution in [0.1, 0.15) is 24.3 Å². The molecule has 2 aromatic rings. The zero-order chi connectivity index (χ0) is 14.2. The smallest absolute Gasteiger partial charge is 0.151 e. The Kier molecular flexibility index (Phi) is 3.79. The third-order valence-electron chi connectivity index (χ3n) is 3.86. The van der Waals surface area contributed by atoms with Crippen molar-refractivity contribution in [2.45, 2.75) is 37.1 Å². The minimum Gasteiger partial charge on any atom is -0.306 e. The molecule has 108 valence electrons. The normalized spacial score (nSPS) is 23.4. The van der Waals surface area contributed by atoms with Crippen molar-refractivity contribution in [2.75, 3.05) is 6.26 Å². The average molecular weight is 310 g/mol. The van der Waals surface area contributed by atoms with E-state index >= 15 is 0 Å². The van der Waals surface area contributed by atoms with E-state index in [1.165, 1.54) is 11.0 Å². The van der Waals surface area contributed by atoms with Gasteiger partial charge in [-0.25, -0.2) is 13.4 Å². The van der Waals surface area contributed by atoms with Gasteiger partial charge in [-0.2, -0.15) is 0 Å². The Morgan fingerprint density at radius 1 is 1.35 bits per heavy atom. The molecule has 1 heterocycles. The topological polar surface area (TPSA) is 59.1 Å². The van der Waals surface area contributed by atoms with Crippen LogP contribution >= 0.6 is 11.3 Å². The summed E-state index contributed by atoms with van der Waals surface area (Å²) in [5, 5.41) is 4.16. The monoisotopic (exact) mass is 310 g/mol. The molecule has 4 nitrogen and oxygen atoms in total. The van der Waals surface area contributed by atoms with Gasteiger partial charge in [0.1, 0.15) is 5.01 Å². The Hall–Kier alpha value is -0.980. The van der Waals surface area contributed by atoms with E-state index in [4.69, 9.17) is 0 Å². The van der Waals surface area contributed by atoms with E-state index in [1.807, 2.05) is 18.2 Å². The van der Waals surface area contributed by atoms with E-state index < -0.39 is 9.84 Å². The number of thiazole rings is 1. The number of rotatable bonds is 4. The summed E-state index contributed by atoms with van der Waals surface area (Å²) >= 11 is 1.67. The van der Waals surface area contributed by atoms with Crippen LogP contribution in [-0.2, 0) is 16.4 Å². The highest BCUT2D eigenvalue weighted by Crippen LogP contribution is 2.26. The zero-order valence-electron chi connectivity index (χ0n) is 11.4. The highest BCUT2D eigenvalue weighted by atomic mass is 32.2. The largest absolute Gasteiger partial charge is 0.306 e. The Morgan fingerprint density at radius 3 is 2.90 bits per heavy atom. The maximum Gasteiger partial charge on any atom is 0.151 e. The molecule has 1 fully saturated rings. The minimum absolute atomic E-state index is 0.0667. The van der Waals surface area contributed by atoms with Crippen molar-refractivity contribution in [2.24, 2.45) is 0 Å². The fraction of sp³-hybridized carbons (Fsp3) is 0.500. The van der Waals surface area contributed by atoms with Crippen LogP contribution in [-0.4, -0.2) is 30.9 Å². The average Bonchev–Trinajstić information content (AvgIpc) is 3.01. The van der Waals surface area contributed by atoms with Crippen LogP contribution in [0.4, 0.5) is 0 Å². The van der Waals surface area contributed by atoms with Gasteiger partial charge in [-0.15, -0.1) is 11.3 Å². The maximum atomic E-state index is 11.7. The van der Waals surface area contributed by atoms with Crippen LogP contribution in [0.2, 0.25) is 0 Å². The summed E-state index contributed by atoms with van der Waals surface area (Å²) in [5.74, 6) is 0. The lowest BCUT2D eigenvalue weighted by atomic mass is 10.2. The van der Waals surface area contributed by atoms with Crippen LogP contribution in [0.5, 0.6) is 0 Å². The van der Waals surface area contributed by atoms with Crippen molar-refractivity contribution in [3.05, 3.63) is 29.3 Å². The molecule has 1 aromatic heterocycles. The van der Waals surface area contributed by atoms with Crippen molar-refractivity contribution in [1.29, 1.82) is 0 Å². The molecular formula is C14H18N2O2S2. The summed E-state index contributed by atoms with van der Waals surface area (Å²) in [4.78, 5) is 4.57. The van der Waals surface area contributed by atoms with E-state index in [9.17, 15) is 8.42 Å². The Bertz CT molecular complexity index is 676. The molecule has 3 rings (SSSR count). The van der Waals surface area contributed by atoms with Gasteiger partial charge in [0.05, 0.1) is 15.5 Å². The first-order valence-electron chi connectivity index (χ1n) is 6.81. The van der Waals surface area contributed by atoms with Crippen LogP contribution < -0.4 is 5.32 Å². The molecule has 0 radical (unpaired) electrons. The van der Waals surface area contributed by atoms with Gasteiger partial charge in [-0.1, -0.05) is 18.6 Å². The number of nitrogens with zero attached hydrogens (tertiary/aromatic N) is 1. The lowest BCUT2D eigenvalue weighted by Crippen LogP contribution is -2.39. The number of aromatic nitrogens is 1. The third-order valence-corrected chi connectivity index (χ3v) is 6.56. The van der Waals surface area contributed by atoms with Crippen molar-refractivity contribution >= 4 is 31.4 Å². The van der Waals surface area contributed by atoms with Crippen molar-refractivity contribution < 1.29 is 8.42 Å². The molecule has 0 spiro atoms. The molecule has 0 amide bonds. The molecule has 1 N–H and O–H groups in total. The zero-order valence-corrected chi connectivity index (χ0v) is 13.0. The number of nitrogens with one attached hydrogen (secondary N) is 1. The molecule has 0 aliphatic heterocycles. The lowest BCUT2D eigenvalue weighted by molar-refractivity contribution is 0.507. The van der Waals surface area contributed by atoms with E-state index in [2.05, 4.69) is 16.4 Å². The van der Waals surface area contributed by atoms with E-state index in [1.54, 1.807) is 11.3 Å². The number of fused-ring (bicyclic) bond motifs is 1. The van der Waals surface area contributed by atoms with Gasteiger partial charge in [0.2, 0.25) is 0 Å². The maximum absolute atomic E-state index is 11.7. The number of benzene rings is 1. The first-order chi connectivity index (χ1) is 9.54. The summed E-state index contributed by atoms with van der Waals surface area (Å²) in [6, 6.07) is 8.12. The van der Waals surface area contributed by atoms with Gasteiger partial charge < -0.3 is 5.32 Å². The van der Waals surface area contributed by atoms with Crippen molar-refractivity contribution in [1.82, 2.24) is 10.3 Å². The van der Waals surface area contributed by atoms with Crippen LogP contribution in [0, 0.1) is 0 Å². The minimum atomic E-state index is -2.96. The molecule has 6 heteroatoms. The Labute approximate surface area is 123 Å². The first-order valence-corrected chi connectivity index (χ1v) is 9.58. The summed E-state index contributed by atoms with van der Waals surface area (Å²) in [5.41, 5.74) is 1.01. The number of sulfone groups is 1. The summed E-state index contributed by atoms with van der Waals surface area (Å²) in [6.45, 7) is 0.649. The second-order valence-electron chi connectivity index (χ2n) is 5.36. The third kappa shape index (κ3) is 2.87. The van der Waals surface area contributed by atoms with Crippen molar-refractivity contribution in [3.8, 4) is 0 Å². The van der Waals surface area contributed by atoms with Crippen LogP contribution in [0.15, 0.2) is 24.3 Å². The van der Waals surface area contributed by atoms with Gasteiger partial charge in [0.15, 0.2) is 9.84 Å². The van der Waals surface area contributed by atoms with Gasteiger partial charge in [-0.3, -0.25) is 0 Å². The lowest BCUT2D eigenvalue weighted by Gasteiger charge is -2.18. The van der Waals surface area contributed by atoms with E-state index in [0.29, 0.717) is 6.54 Å². The predicted molar refractivity (Wildman–Crippen MR) is 82.7 cm³/mol. The molecule has 1 aliphatic carbocycles. The van der Waals surface area contributed by atoms with E-state index in [0.717, 1.165) is 29.8 Å². The summed E-state index contributed by atoms with van der Waals surface area (Å²) in [7, 11) is -2.96. The second-order valence-corrected chi connectivity index (χ2v) is 8.74. The Balaban J connectivity index is 1.70. The van der Waals surface area contributed by atoms with Crippen LogP contribution in [0.25, 0.3) is 10.2 Å². The fourth-order valence-corrected chi connectivity index (χ4v) is 5.23. The molecular weight excluding hydrogens is 292 g/mol. The molecule has 2 atom stereocenters. The summed E-state index contributed by atoms with van der Waals surface area (Å²) in [6.07, 6.45) is 4.03.